The molecule has 3 heterocycles. The van der Waals surface area contributed by atoms with Crippen molar-refractivity contribution >= 4 is 34.2 Å². The summed E-state index contributed by atoms with van der Waals surface area (Å²) in [6.45, 7) is 4.05. The molecule has 0 saturated carbocycles. The summed E-state index contributed by atoms with van der Waals surface area (Å²) >= 11 is 3.42. The van der Waals surface area contributed by atoms with E-state index in [-0.39, 0.29) is 18.3 Å². The fourth-order valence-corrected chi connectivity index (χ4v) is 3.83. The summed E-state index contributed by atoms with van der Waals surface area (Å²) in [4.78, 5) is 14.5. The third-order valence-corrected chi connectivity index (χ3v) is 5.07. The highest BCUT2D eigenvalue weighted by atomic mass is 79.9. The van der Waals surface area contributed by atoms with E-state index in [9.17, 15) is 4.79 Å². The minimum absolute atomic E-state index is 0. The summed E-state index contributed by atoms with van der Waals surface area (Å²) in [5, 5.41) is 3.46. The predicted molar refractivity (Wildman–Crippen MR) is 85.4 cm³/mol. The lowest BCUT2D eigenvalue weighted by Gasteiger charge is -2.38. The van der Waals surface area contributed by atoms with Gasteiger partial charge in [0.05, 0.1) is 0 Å². The maximum absolute atomic E-state index is 12.5. The van der Waals surface area contributed by atoms with Gasteiger partial charge in [-0.3, -0.25) is 4.79 Å². The Labute approximate surface area is 134 Å². The van der Waals surface area contributed by atoms with Gasteiger partial charge in [0, 0.05) is 37.4 Å². The van der Waals surface area contributed by atoms with E-state index < -0.39 is 0 Å². The van der Waals surface area contributed by atoms with Crippen LogP contribution in [-0.2, 0) is 7.05 Å². The molecule has 0 atom stereocenters. The molecule has 6 heteroatoms. The largest absolute Gasteiger partial charge is 0.345 e. The molecule has 1 aromatic heterocycles. The molecule has 0 radical (unpaired) electrons. The lowest BCUT2D eigenvalue weighted by Crippen LogP contribution is -2.44. The summed E-state index contributed by atoms with van der Waals surface area (Å²) < 4.78 is 2.86. The summed E-state index contributed by atoms with van der Waals surface area (Å²) in [7, 11) is 1.92. The molecule has 1 spiro atoms. The average molecular weight is 363 g/mol. The van der Waals surface area contributed by atoms with Gasteiger partial charge in [-0.15, -0.1) is 12.4 Å². The van der Waals surface area contributed by atoms with E-state index in [1.165, 1.54) is 6.42 Å². The normalized spacial score (nSPS) is 21.0. The number of amides is 1. The number of halogens is 2. The van der Waals surface area contributed by atoms with Crippen molar-refractivity contribution in [2.45, 2.75) is 19.3 Å². The quantitative estimate of drug-likeness (QED) is 0.833. The average Bonchev–Trinajstić information content (AvgIpc) is 2.97. The van der Waals surface area contributed by atoms with Gasteiger partial charge < -0.3 is 14.8 Å². The summed E-state index contributed by atoms with van der Waals surface area (Å²) in [5.41, 5.74) is 1.23. The minimum Gasteiger partial charge on any atom is -0.345 e. The molecule has 0 aromatic carbocycles. The Hall–Kier alpha value is -0.520. The molecular formula is C14H21BrClN3O. The van der Waals surface area contributed by atoms with Crippen LogP contribution < -0.4 is 5.32 Å². The van der Waals surface area contributed by atoms with Crippen molar-refractivity contribution in [1.82, 2.24) is 14.8 Å². The van der Waals surface area contributed by atoms with E-state index in [0.717, 1.165) is 49.2 Å². The second-order valence-corrected chi connectivity index (χ2v) is 6.79. The summed E-state index contributed by atoms with van der Waals surface area (Å²) in [6.07, 6.45) is 5.47. The third-order valence-electron chi connectivity index (χ3n) is 4.63. The number of aryl methyl sites for hydroxylation is 1. The lowest BCUT2D eigenvalue weighted by atomic mass is 9.78. The van der Waals surface area contributed by atoms with Crippen LogP contribution in [0.5, 0.6) is 0 Å². The number of likely N-dealkylation sites (tertiary alicyclic amines) is 1. The van der Waals surface area contributed by atoms with Crippen molar-refractivity contribution in [2.75, 3.05) is 26.2 Å². The number of hydrogen-bond donors (Lipinski definition) is 1. The molecule has 20 heavy (non-hydrogen) atoms. The van der Waals surface area contributed by atoms with Crippen molar-refractivity contribution in [2.24, 2.45) is 12.5 Å². The van der Waals surface area contributed by atoms with Gasteiger partial charge in [0.15, 0.2) is 0 Å². The topological polar surface area (TPSA) is 37.3 Å². The zero-order chi connectivity index (χ0) is 13.5. The Morgan fingerprint density at radius 1 is 1.35 bits per heavy atom. The van der Waals surface area contributed by atoms with Gasteiger partial charge in [0.2, 0.25) is 0 Å². The Bertz CT molecular complexity index is 487. The number of piperidine rings is 1. The maximum Gasteiger partial charge on any atom is 0.270 e. The van der Waals surface area contributed by atoms with Gasteiger partial charge in [0.25, 0.3) is 5.91 Å². The molecule has 1 N–H and O–H groups in total. The van der Waals surface area contributed by atoms with E-state index in [1.807, 2.05) is 28.8 Å². The van der Waals surface area contributed by atoms with Crippen LogP contribution in [0.15, 0.2) is 16.7 Å². The van der Waals surface area contributed by atoms with Crippen molar-refractivity contribution < 1.29 is 4.79 Å². The summed E-state index contributed by atoms with van der Waals surface area (Å²) in [5.74, 6) is 0.161. The molecule has 4 nitrogen and oxygen atoms in total. The number of nitrogens with one attached hydrogen (secondary N) is 1. The van der Waals surface area contributed by atoms with Gasteiger partial charge in [-0.25, -0.2) is 0 Å². The monoisotopic (exact) mass is 361 g/mol. The van der Waals surface area contributed by atoms with Crippen LogP contribution in [0.4, 0.5) is 0 Å². The molecular weight excluding hydrogens is 342 g/mol. The first-order chi connectivity index (χ1) is 9.10. The second-order valence-electron chi connectivity index (χ2n) is 5.87. The van der Waals surface area contributed by atoms with Gasteiger partial charge >= 0.3 is 0 Å². The molecule has 1 amide bonds. The highest BCUT2D eigenvalue weighted by Crippen LogP contribution is 2.37. The first kappa shape index (κ1) is 15.9. The van der Waals surface area contributed by atoms with Crippen LogP contribution in [-0.4, -0.2) is 41.6 Å². The standard InChI is InChI=1S/C14H20BrN3O.ClH/c1-17-9-11(15)8-12(17)13(19)18-6-3-14(4-7-18)2-5-16-10-14;/h8-9,16H,2-7,10H2,1H3;1H. The molecule has 2 fully saturated rings. The lowest BCUT2D eigenvalue weighted by molar-refractivity contribution is 0.0598. The molecule has 2 aliphatic rings. The van der Waals surface area contributed by atoms with Crippen molar-refractivity contribution in [3.8, 4) is 0 Å². The fourth-order valence-electron chi connectivity index (χ4n) is 3.31. The van der Waals surface area contributed by atoms with Gasteiger partial charge in [-0.1, -0.05) is 0 Å². The molecule has 1 aromatic rings. The highest BCUT2D eigenvalue weighted by Gasteiger charge is 2.38. The zero-order valence-electron chi connectivity index (χ0n) is 11.7. The Morgan fingerprint density at radius 3 is 2.55 bits per heavy atom. The third kappa shape index (κ3) is 2.90. The number of nitrogens with zero attached hydrogens (tertiary/aromatic N) is 2. The minimum atomic E-state index is 0. The second kappa shape index (κ2) is 6.08. The van der Waals surface area contributed by atoms with Crippen LogP contribution in [0.2, 0.25) is 0 Å². The Morgan fingerprint density at radius 2 is 2.05 bits per heavy atom. The highest BCUT2D eigenvalue weighted by molar-refractivity contribution is 9.10. The van der Waals surface area contributed by atoms with Gasteiger partial charge in [-0.2, -0.15) is 0 Å². The maximum atomic E-state index is 12.5. The van der Waals surface area contributed by atoms with E-state index in [1.54, 1.807) is 0 Å². The molecule has 112 valence electrons. The zero-order valence-corrected chi connectivity index (χ0v) is 14.1. The van der Waals surface area contributed by atoms with E-state index >= 15 is 0 Å². The molecule has 3 rings (SSSR count). The molecule has 0 unspecified atom stereocenters. The first-order valence-electron chi connectivity index (χ1n) is 6.92. The Kier molecular flexibility index (Phi) is 4.82. The smallest absolute Gasteiger partial charge is 0.270 e. The summed E-state index contributed by atoms with van der Waals surface area (Å²) in [6, 6.07) is 1.91. The van der Waals surface area contributed by atoms with Crippen LogP contribution in [0.3, 0.4) is 0 Å². The molecule has 0 bridgehead atoms. The number of rotatable bonds is 1. The SMILES string of the molecule is Cl.Cn1cc(Br)cc1C(=O)N1CCC2(CCNC2)CC1. The van der Waals surface area contributed by atoms with Crippen molar-refractivity contribution in [3.63, 3.8) is 0 Å². The number of carbonyl (C=O) groups is 1. The van der Waals surface area contributed by atoms with Crippen molar-refractivity contribution in [3.05, 3.63) is 22.4 Å². The van der Waals surface area contributed by atoms with Crippen molar-refractivity contribution in [1.29, 1.82) is 0 Å². The van der Waals surface area contributed by atoms with E-state index in [2.05, 4.69) is 21.2 Å². The molecule has 2 saturated heterocycles. The molecule has 0 aliphatic carbocycles. The van der Waals surface area contributed by atoms with Crippen LogP contribution >= 0.6 is 28.3 Å². The first-order valence-corrected chi connectivity index (χ1v) is 7.71. The number of hydrogen-bond acceptors (Lipinski definition) is 2. The van der Waals surface area contributed by atoms with Crippen LogP contribution in [0.1, 0.15) is 29.8 Å². The van der Waals surface area contributed by atoms with Gasteiger partial charge in [0.1, 0.15) is 5.69 Å². The van der Waals surface area contributed by atoms with E-state index in [4.69, 9.17) is 0 Å². The van der Waals surface area contributed by atoms with Gasteiger partial charge in [-0.05, 0) is 53.2 Å². The van der Waals surface area contributed by atoms with Crippen LogP contribution in [0, 0.1) is 5.41 Å². The predicted octanol–water partition coefficient (Wildman–Crippen LogP) is 2.43. The van der Waals surface area contributed by atoms with Crippen LogP contribution in [0.25, 0.3) is 0 Å². The fraction of sp³-hybridized carbons (Fsp3) is 0.643. The Balaban J connectivity index is 0.00000147. The number of aromatic nitrogens is 1. The van der Waals surface area contributed by atoms with E-state index in [0.29, 0.717) is 5.41 Å². The molecule has 2 aliphatic heterocycles. The number of carbonyl (C=O) groups excluding carboxylic acids is 1.